The Kier molecular flexibility index (Phi) is 4.44. The smallest absolute Gasteiger partial charge is 0.131 e. The highest BCUT2D eigenvalue weighted by atomic mass is 15.2. The van der Waals surface area contributed by atoms with E-state index in [9.17, 15) is 0 Å². The van der Waals surface area contributed by atoms with Crippen molar-refractivity contribution < 1.29 is 0 Å². The first-order valence-corrected chi connectivity index (χ1v) is 8.36. The molecule has 0 spiro atoms. The van der Waals surface area contributed by atoms with Gasteiger partial charge in [-0.25, -0.2) is 4.98 Å². The van der Waals surface area contributed by atoms with Crippen LogP contribution in [0.1, 0.15) is 51.9 Å². The van der Waals surface area contributed by atoms with Crippen molar-refractivity contribution in [3.63, 3.8) is 0 Å². The standard InChI is InChI=1S/C17H27N3/c1-2-12-18-16-10-5-11-17(19-16)20-13-6-9-15(20)14-7-3-4-8-14/h5,10-11,14-15H,2-4,6-9,12-13H2,1H3,(H,18,19). The lowest BCUT2D eigenvalue weighted by Crippen LogP contribution is -2.35. The second-order valence-corrected chi connectivity index (χ2v) is 6.26. The molecule has 1 saturated carbocycles. The number of nitrogens with zero attached hydrogens (tertiary/aromatic N) is 2. The van der Waals surface area contributed by atoms with Crippen molar-refractivity contribution in [1.82, 2.24) is 4.98 Å². The van der Waals surface area contributed by atoms with E-state index in [1.54, 1.807) is 0 Å². The van der Waals surface area contributed by atoms with Gasteiger partial charge in [0.25, 0.3) is 0 Å². The van der Waals surface area contributed by atoms with Gasteiger partial charge in [-0.2, -0.15) is 0 Å². The largest absolute Gasteiger partial charge is 0.370 e. The molecule has 2 fully saturated rings. The zero-order valence-electron chi connectivity index (χ0n) is 12.6. The number of hydrogen-bond acceptors (Lipinski definition) is 3. The first-order chi connectivity index (χ1) is 9.88. The highest BCUT2D eigenvalue weighted by molar-refractivity contribution is 5.48. The summed E-state index contributed by atoms with van der Waals surface area (Å²) >= 11 is 0. The molecule has 0 radical (unpaired) electrons. The van der Waals surface area contributed by atoms with Gasteiger partial charge in [0.2, 0.25) is 0 Å². The van der Waals surface area contributed by atoms with Crippen molar-refractivity contribution in [2.75, 3.05) is 23.3 Å². The van der Waals surface area contributed by atoms with E-state index in [0.29, 0.717) is 0 Å². The average Bonchev–Trinajstić information content (AvgIpc) is 3.15. The minimum absolute atomic E-state index is 0.742. The molecule has 1 saturated heterocycles. The summed E-state index contributed by atoms with van der Waals surface area (Å²) in [4.78, 5) is 7.41. The maximum Gasteiger partial charge on any atom is 0.131 e. The van der Waals surface area contributed by atoms with Crippen molar-refractivity contribution in [1.29, 1.82) is 0 Å². The second kappa shape index (κ2) is 6.47. The van der Waals surface area contributed by atoms with Crippen molar-refractivity contribution in [3.8, 4) is 0 Å². The molecule has 2 aliphatic rings. The molecule has 1 aromatic heterocycles. The summed E-state index contributed by atoms with van der Waals surface area (Å²) < 4.78 is 0. The Morgan fingerprint density at radius 1 is 1.20 bits per heavy atom. The minimum Gasteiger partial charge on any atom is -0.370 e. The Labute approximate surface area is 122 Å². The van der Waals surface area contributed by atoms with Gasteiger partial charge in [-0.05, 0) is 50.2 Å². The Morgan fingerprint density at radius 2 is 2.05 bits per heavy atom. The zero-order chi connectivity index (χ0) is 13.8. The molecule has 1 unspecified atom stereocenters. The van der Waals surface area contributed by atoms with Crippen LogP contribution in [0.15, 0.2) is 18.2 Å². The molecule has 3 rings (SSSR count). The van der Waals surface area contributed by atoms with Gasteiger partial charge in [-0.3, -0.25) is 0 Å². The van der Waals surface area contributed by atoms with Gasteiger partial charge in [0, 0.05) is 19.1 Å². The summed E-state index contributed by atoms with van der Waals surface area (Å²) in [7, 11) is 0. The average molecular weight is 273 g/mol. The van der Waals surface area contributed by atoms with Crippen LogP contribution >= 0.6 is 0 Å². The summed E-state index contributed by atoms with van der Waals surface area (Å²) in [5.41, 5.74) is 0. The van der Waals surface area contributed by atoms with Gasteiger partial charge in [-0.1, -0.05) is 25.8 Å². The van der Waals surface area contributed by atoms with E-state index in [2.05, 4.69) is 35.3 Å². The molecule has 1 aliphatic carbocycles. The molecule has 0 bridgehead atoms. The van der Waals surface area contributed by atoms with Crippen LogP contribution in [0, 0.1) is 5.92 Å². The quantitative estimate of drug-likeness (QED) is 0.876. The summed E-state index contributed by atoms with van der Waals surface area (Å²) in [6.07, 6.45) is 9.54. The van der Waals surface area contributed by atoms with Crippen LogP contribution in [0.25, 0.3) is 0 Å². The fourth-order valence-corrected chi connectivity index (χ4v) is 3.84. The van der Waals surface area contributed by atoms with Gasteiger partial charge >= 0.3 is 0 Å². The zero-order valence-corrected chi connectivity index (χ0v) is 12.6. The molecule has 1 atom stereocenters. The van der Waals surface area contributed by atoms with Gasteiger partial charge < -0.3 is 10.2 Å². The van der Waals surface area contributed by atoms with E-state index in [1.165, 1.54) is 50.9 Å². The summed E-state index contributed by atoms with van der Waals surface area (Å²) in [6.45, 7) is 4.38. The van der Waals surface area contributed by atoms with Crippen LogP contribution in [-0.2, 0) is 0 Å². The van der Waals surface area contributed by atoms with Gasteiger partial charge in [-0.15, -0.1) is 0 Å². The Balaban J connectivity index is 1.73. The Bertz CT molecular complexity index is 426. The van der Waals surface area contributed by atoms with Crippen molar-refractivity contribution in [2.45, 2.75) is 57.9 Å². The number of nitrogens with one attached hydrogen (secondary N) is 1. The number of pyridine rings is 1. The summed E-state index contributed by atoms with van der Waals surface area (Å²) in [6, 6.07) is 7.15. The first kappa shape index (κ1) is 13.7. The maximum absolute atomic E-state index is 4.83. The van der Waals surface area contributed by atoms with Crippen LogP contribution in [0.5, 0.6) is 0 Å². The lowest BCUT2D eigenvalue weighted by atomic mass is 9.96. The fourth-order valence-electron chi connectivity index (χ4n) is 3.84. The van der Waals surface area contributed by atoms with Crippen LogP contribution in [0.2, 0.25) is 0 Å². The topological polar surface area (TPSA) is 28.2 Å². The monoisotopic (exact) mass is 273 g/mol. The lowest BCUT2D eigenvalue weighted by Gasteiger charge is -2.30. The summed E-state index contributed by atoms with van der Waals surface area (Å²) in [5.74, 6) is 3.12. The van der Waals surface area contributed by atoms with E-state index < -0.39 is 0 Å². The maximum atomic E-state index is 4.83. The molecule has 1 N–H and O–H groups in total. The van der Waals surface area contributed by atoms with Crippen LogP contribution in [-0.4, -0.2) is 24.1 Å². The van der Waals surface area contributed by atoms with Gasteiger partial charge in [0.05, 0.1) is 0 Å². The van der Waals surface area contributed by atoms with Crippen molar-refractivity contribution in [3.05, 3.63) is 18.2 Å². The molecule has 20 heavy (non-hydrogen) atoms. The van der Waals surface area contributed by atoms with E-state index in [-0.39, 0.29) is 0 Å². The number of anilines is 2. The number of aromatic nitrogens is 1. The highest BCUT2D eigenvalue weighted by Crippen LogP contribution is 2.37. The third-order valence-corrected chi connectivity index (χ3v) is 4.83. The Morgan fingerprint density at radius 3 is 2.85 bits per heavy atom. The second-order valence-electron chi connectivity index (χ2n) is 6.26. The number of rotatable bonds is 5. The molecule has 2 heterocycles. The molecular formula is C17H27N3. The van der Waals surface area contributed by atoms with Crippen molar-refractivity contribution >= 4 is 11.6 Å². The van der Waals surface area contributed by atoms with E-state index >= 15 is 0 Å². The normalized spacial score (nSPS) is 23.4. The lowest BCUT2D eigenvalue weighted by molar-refractivity contribution is 0.429. The molecule has 0 aromatic carbocycles. The fraction of sp³-hybridized carbons (Fsp3) is 0.706. The third-order valence-electron chi connectivity index (χ3n) is 4.83. The Hall–Kier alpha value is -1.25. The molecule has 0 amide bonds. The highest BCUT2D eigenvalue weighted by Gasteiger charge is 2.33. The van der Waals surface area contributed by atoms with E-state index in [4.69, 9.17) is 4.98 Å². The predicted octanol–water partition coefficient (Wildman–Crippen LogP) is 4.06. The molecule has 1 aliphatic heterocycles. The van der Waals surface area contributed by atoms with Crippen LogP contribution in [0.3, 0.4) is 0 Å². The summed E-state index contributed by atoms with van der Waals surface area (Å²) in [5, 5.41) is 3.40. The molecule has 3 heteroatoms. The molecular weight excluding hydrogens is 246 g/mol. The SMILES string of the molecule is CCCNc1cccc(N2CCCC2C2CCCC2)n1. The first-order valence-electron chi connectivity index (χ1n) is 8.36. The van der Waals surface area contributed by atoms with Crippen LogP contribution < -0.4 is 10.2 Å². The van der Waals surface area contributed by atoms with Crippen LogP contribution in [0.4, 0.5) is 11.6 Å². The van der Waals surface area contributed by atoms with Gasteiger partial charge in [0.15, 0.2) is 0 Å². The third kappa shape index (κ3) is 2.92. The minimum atomic E-state index is 0.742. The number of hydrogen-bond donors (Lipinski definition) is 1. The van der Waals surface area contributed by atoms with Crippen molar-refractivity contribution in [2.24, 2.45) is 5.92 Å². The van der Waals surface area contributed by atoms with E-state index in [0.717, 1.165) is 30.7 Å². The molecule has 110 valence electrons. The molecule has 1 aromatic rings. The van der Waals surface area contributed by atoms with Gasteiger partial charge in [0.1, 0.15) is 11.6 Å². The predicted molar refractivity (Wildman–Crippen MR) is 85.3 cm³/mol. The molecule has 3 nitrogen and oxygen atoms in total. The van der Waals surface area contributed by atoms with E-state index in [1.807, 2.05) is 0 Å².